The van der Waals surface area contributed by atoms with Gasteiger partial charge in [-0.05, 0) is 52.7 Å². The number of thiazole rings is 1. The fourth-order valence-electron chi connectivity index (χ4n) is 3.12. The van der Waals surface area contributed by atoms with Gasteiger partial charge in [-0.25, -0.2) is 18.4 Å². The summed E-state index contributed by atoms with van der Waals surface area (Å²) in [4.78, 5) is 26.0. The number of benzene rings is 1. The van der Waals surface area contributed by atoms with Crippen LogP contribution in [0.1, 0.15) is 46.2 Å². The van der Waals surface area contributed by atoms with Crippen molar-refractivity contribution in [3.63, 3.8) is 0 Å². The van der Waals surface area contributed by atoms with Crippen LogP contribution in [0.2, 0.25) is 0 Å². The Balaban J connectivity index is 1.44. The normalized spacial score (nSPS) is 14.9. The zero-order chi connectivity index (χ0) is 24.6. The lowest BCUT2D eigenvalue weighted by Crippen LogP contribution is -2.35. The minimum atomic E-state index is -3.49. The van der Waals surface area contributed by atoms with Gasteiger partial charge in [-0.1, -0.05) is 12.1 Å². The Bertz CT molecular complexity index is 1300. The molecule has 0 spiro atoms. The van der Waals surface area contributed by atoms with E-state index in [0.717, 1.165) is 5.56 Å². The van der Waals surface area contributed by atoms with Gasteiger partial charge >= 0.3 is 0 Å². The van der Waals surface area contributed by atoms with Crippen LogP contribution in [0, 0.1) is 0 Å². The molecule has 180 valence electrons. The highest BCUT2D eigenvalue weighted by atomic mass is 32.2. The number of anilines is 2. The SMILES string of the molecule is CCOc1cncc(-c2ccc(NC(=O)C(C)(C)c3csc(NS(=O)(=O)C4(C)CC4)n3)cc2)n1. The van der Waals surface area contributed by atoms with Gasteiger partial charge in [0.05, 0.1) is 40.6 Å². The monoisotopic (exact) mass is 501 g/mol. The van der Waals surface area contributed by atoms with Gasteiger partial charge in [0.1, 0.15) is 0 Å². The van der Waals surface area contributed by atoms with E-state index in [1.54, 1.807) is 50.7 Å². The van der Waals surface area contributed by atoms with Crippen LogP contribution in [0.5, 0.6) is 5.88 Å². The predicted molar refractivity (Wildman–Crippen MR) is 133 cm³/mol. The van der Waals surface area contributed by atoms with Crippen molar-refractivity contribution in [3.8, 4) is 17.1 Å². The second-order valence-corrected chi connectivity index (χ2v) is 12.0. The molecule has 1 aliphatic carbocycles. The standard InChI is InChI=1S/C23H27N5O4S2/c1-5-32-19-13-24-12-17(26-19)15-6-8-16(9-7-15)25-20(29)22(2,3)18-14-33-21(27-18)28-34(30,31)23(4)10-11-23/h6-9,12-14H,5,10-11H2,1-4H3,(H,25,29)(H,27,28). The number of amides is 1. The van der Waals surface area contributed by atoms with Gasteiger partial charge in [0, 0.05) is 16.6 Å². The first-order chi connectivity index (χ1) is 16.0. The average molecular weight is 502 g/mol. The molecule has 2 N–H and O–H groups in total. The third kappa shape index (κ3) is 4.90. The topological polar surface area (TPSA) is 123 Å². The maximum atomic E-state index is 13.0. The Kier molecular flexibility index (Phi) is 6.34. The maximum absolute atomic E-state index is 13.0. The van der Waals surface area contributed by atoms with Crippen LogP contribution in [0.15, 0.2) is 42.0 Å². The molecule has 2 aromatic heterocycles. The molecule has 0 radical (unpaired) electrons. The summed E-state index contributed by atoms with van der Waals surface area (Å²) in [5, 5.41) is 4.88. The highest BCUT2D eigenvalue weighted by Crippen LogP contribution is 2.43. The summed E-state index contributed by atoms with van der Waals surface area (Å²) in [7, 11) is -3.49. The van der Waals surface area contributed by atoms with Gasteiger partial charge in [-0.15, -0.1) is 11.3 Å². The molecule has 1 saturated carbocycles. The Labute approximate surface area is 203 Å². The van der Waals surface area contributed by atoms with E-state index in [2.05, 4.69) is 25.0 Å². The molecule has 9 nitrogen and oxygen atoms in total. The summed E-state index contributed by atoms with van der Waals surface area (Å²) in [6, 6.07) is 7.26. The number of hydrogen-bond acceptors (Lipinski definition) is 8. The van der Waals surface area contributed by atoms with E-state index in [-0.39, 0.29) is 11.0 Å². The van der Waals surface area contributed by atoms with Crippen molar-refractivity contribution in [3.05, 3.63) is 47.7 Å². The molecule has 0 unspecified atom stereocenters. The maximum Gasteiger partial charge on any atom is 0.239 e. The van der Waals surface area contributed by atoms with Crippen molar-refractivity contribution >= 4 is 38.1 Å². The quantitative estimate of drug-likeness (QED) is 0.450. The van der Waals surface area contributed by atoms with E-state index in [1.165, 1.54) is 11.3 Å². The van der Waals surface area contributed by atoms with Gasteiger partial charge in [-0.3, -0.25) is 14.5 Å². The second kappa shape index (κ2) is 8.95. The van der Waals surface area contributed by atoms with Crippen LogP contribution in [-0.4, -0.2) is 40.6 Å². The first-order valence-corrected chi connectivity index (χ1v) is 13.3. The third-order valence-corrected chi connectivity index (χ3v) is 8.93. The Morgan fingerprint density at radius 1 is 1.18 bits per heavy atom. The molecular weight excluding hydrogens is 474 g/mol. The number of hydrogen-bond donors (Lipinski definition) is 2. The third-order valence-electron chi connectivity index (χ3n) is 5.88. The molecule has 11 heteroatoms. The minimum Gasteiger partial charge on any atom is -0.477 e. The molecule has 1 fully saturated rings. The highest BCUT2D eigenvalue weighted by Gasteiger charge is 2.50. The molecule has 0 atom stereocenters. The lowest BCUT2D eigenvalue weighted by molar-refractivity contribution is -0.120. The first kappa shape index (κ1) is 24.1. The van der Waals surface area contributed by atoms with E-state index in [0.29, 0.717) is 42.4 Å². The Hall–Kier alpha value is -3.05. The van der Waals surface area contributed by atoms with Gasteiger partial charge in [0.25, 0.3) is 0 Å². The molecule has 1 aromatic carbocycles. The summed E-state index contributed by atoms with van der Waals surface area (Å²) < 4.78 is 32.2. The number of rotatable bonds is 9. The minimum absolute atomic E-state index is 0.257. The second-order valence-electron chi connectivity index (χ2n) is 8.93. The summed E-state index contributed by atoms with van der Waals surface area (Å²) in [5.41, 5.74) is 1.65. The van der Waals surface area contributed by atoms with E-state index in [9.17, 15) is 13.2 Å². The molecule has 0 saturated heterocycles. The molecule has 2 heterocycles. The van der Waals surface area contributed by atoms with E-state index in [4.69, 9.17) is 4.74 Å². The lowest BCUT2D eigenvalue weighted by atomic mass is 9.89. The number of aromatic nitrogens is 3. The zero-order valence-corrected chi connectivity index (χ0v) is 21.1. The first-order valence-electron chi connectivity index (χ1n) is 10.9. The van der Waals surface area contributed by atoms with Crippen molar-refractivity contribution in [1.82, 2.24) is 15.0 Å². The van der Waals surface area contributed by atoms with Crippen LogP contribution >= 0.6 is 11.3 Å². The molecule has 0 bridgehead atoms. The van der Waals surface area contributed by atoms with Crippen molar-refractivity contribution in [1.29, 1.82) is 0 Å². The molecule has 34 heavy (non-hydrogen) atoms. The number of sulfonamides is 1. The van der Waals surface area contributed by atoms with E-state index >= 15 is 0 Å². The predicted octanol–water partition coefficient (Wildman–Crippen LogP) is 4.21. The summed E-state index contributed by atoms with van der Waals surface area (Å²) >= 11 is 1.17. The van der Waals surface area contributed by atoms with E-state index in [1.807, 2.05) is 19.1 Å². The van der Waals surface area contributed by atoms with E-state index < -0.39 is 20.2 Å². The van der Waals surface area contributed by atoms with Crippen molar-refractivity contribution in [2.75, 3.05) is 16.6 Å². The largest absolute Gasteiger partial charge is 0.477 e. The molecule has 4 rings (SSSR count). The number of ether oxygens (including phenoxy) is 1. The fraction of sp³-hybridized carbons (Fsp3) is 0.391. The van der Waals surface area contributed by atoms with Crippen molar-refractivity contribution < 1.29 is 17.9 Å². The Morgan fingerprint density at radius 2 is 1.88 bits per heavy atom. The smallest absolute Gasteiger partial charge is 0.239 e. The van der Waals surface area contributed by atoms with Crippen LogP contribution in [-0.2, 0) is 20.2 Å². The van der Waals surface area contributed by atoms with Crippen LogP contribution in [0.25, 0.3) is 11.3 Å². The van der Waals surface area contributed by atoms with Gasteiger partial charge in [0.15, 0.2) is 5.13 Å². The number of nitrogens with one attached hydrogen (secondary N) is 2. The molecule has 0 aliphatic heterocycles. The van der Waals surface area contributed by atoms with Crippen molar-refractivity contribution in [2.24, 2.45) is 0 Å². The number of carbonyl (C=O) groups excluding carboxylic acids is 1. The summed E-state index contributed by atoms with van der Waals surface area (Å²) in [6.45, 7) is 7.61. The zero-order valence-electron chi connectivity index (χ0n) is 19.5. The number of carbonyl (C=O) groups is 1. The van der Waals surface area contributed by atoms with Gasteiger partial charge in [0.2, 0.25) is 21.8 Å². The molecule has 3 aromatic rings. The molecule has 1 amide bonds. The van der Waals surface area contributed by atoms with Crippen molar-refractivity contribution in [2.45, 2.75) is 50.7 Å². The highest BCUT2D eigenvalue weighted by molar-refractivity contribution is 7.94. The van der Waals surface area contributed by atoms with Gasteiger partial charge < -0.3 is 10.1 Å². The van der Waals surface area contributed by atoms with Crippen LogP contribution in [0.4, 0.5) is 10.8 Å². The van der Waals surface area contributed by atoms with Crippen LogP contribution < -0.4 is 14.8 Å². The van der Waals surface area contributed by atoms with Crippen LogP contribution in [0.3, 0.4) is 0 Å². The molecular formula is C23H27N5O4S2. The lowest BCUT2D eigenvalue weighted by Gasteiger charge is -2.21. The summed E-state index contributed by atoms with van der Waals surface area (Å²) in [5.74, 6) is 0.197. The fourth-order valence-corrected chi connectivity index (χ4v) is 5.53. The average Bonchev–Trinajstić information content (AvgIpc) is 3.39. The van der Waals surface area contributed by atoms with Gasteiger partial charge in [-0.2, -0.15) is 0 Å². The summed E-state index contributed by atoms with van der Waals surface area (Å²) in [6.07, 6.45) is 4.48. The molecule has 1 aliphatic rings. The number of nitrogens with zero attached hydrogens (tertiary/aromatic N) is 3. The Morgan fingerprint density at radius 3 is 2.53 bits per heavy atom.